The Labute approximate surface area is 117 Å². The van der Waals surface area contributed by atoms with E-state index in [1.807, 2.05) is 0 Å². The first-order chi connectivity index (χ1) is 8.05. The van der Waals surface area contributed by atoms with E-state index in [9.17, 15) is 4.79 Å². The van der Waals surface area contributed by atoms with Crippen LogP contribution in [0.1, 0.15) is 19.3 Å². The molecule has 18 heavy (non-hydrogen) atoms. The van der Waals surface area contributed by atoms with E-state index in [4.69, 9.17) is 22.1 Å². The highest BCUT2D eigenvalue weighted by atomic mass is 35.5. The monoisotopic (exact) mass is 290 g/mol. The Kier molecular flexibility index (Phi) is 4.85. The molecule has 1 aliphatic carbocycles. The van der Waals surface area contributed by atoms with E-state index >= 15 is 0 Å². The minimum Gasteiger partial charge on any atom is -0.495 e. The van der Waals surface area contributed by atoms with Crippen molar-refractivity contribution < 1.29 is 9.53 Å². The number of rotatable bonds is 3. The summed E-state index contributed by atoms with van der Waals surface area (Å²) in [5.41, 5.74) is 5.87. The van der Waals surface area contributed by atoms with E-state index in [2.05, 4.69) is 5.32 Å². The average Bonchev–Trinajstić information content (AvgIpc) is 2.28. The Balaban J connectivity index is 0.00000162. The fraction of sp³-hybridized carbons (Fsp3) is 0.417. The van der Waals surface area contributed by atoms with E-state index in [1.165, 1.54) is 7.11 Å². The van der Waals surface area contributed by atoms with E-state index in [-0.39, 0.29) is 18.3 Å². The SMILES string of the molecule is COc1cc(NC(=O)C2(N)CCC2)ccc1Cl.Cl. The maximum atomic E-state index is 11.9. The lowest BCUT2D eigenvalue weighted by atomic mass is 9.77. The number of anilines is 1. The fourth-order valence-electron chi connectivity index (χ4n) is 1.78. The van der Waals surface area contributed by atoms with Crippen LogP contribution < -0.4 is 15.8 Å². The van der Waals surface area contributed by atoms with Crippen LogP contribution in [0.25, 0.3) is 0 Å². The smallest absolute Gasteiger partial charge is 0.244 e. The molecule has 1 aromatic rings. The quantitative estimate of drug-likeness (QED) is 0.899. The van der Waals surface area contributed by atoms with E-state index in [0.29, 0.717) is 16.5 Å². The highest BCUT2D eigenvalue weighted by molar-refractivity contribution is 6.32. The van der Waals surface area contributed by atoms with Gasteiger partial charge in [0.2, 0.25) is 5.91 Å². The van der Waals surface area contributed by atoms with Crippen molar-refractivity contribution in [3.05, 3.63) is 23.2 Å². The van der Waals surface area contributed by atoms with Crippen LogP contribution in [0.5, 0.6) is 5.75 Å². The van der Waals surface area contributed by atoms with Gasteiger partial charge in [-0.05, 0) is 31.4 Å². The van der Waals surface area contributed by atoms with Crippen molar-refractivity contribution in [2.45, 2.75) is 24.8 Å². The van der Waals surface area contributed by atoms with Gasteiger partial charge in [0.05, 0.1) is 17.7 Å². The van der Waals surface area contributed by atoms with Crippen molar-refractivity contribution in [3.8, 4) is 5.75 Å². The molecule has 0 aromatic heterocycles. The van der Waals surface area contributed by atoms with Gasteiger partial charge in [0.1, 0.15) is 5.75 Å². The van der Waals surface area contributed by atoms with Crippen molar-refractivity contribution in [2.24, 2.45) is 5.73 Å². The minimum absolute atomic E-state index is 0. The Morgan fingerprint density at radius 1 is 1.50 bits per heavy atom. The molecule has 0 heterocycles. The number of amides is 1. The Morgan fingerprint density at radius 3 is 2.67 bits per heavy atom. The van der Waals surface area contributed by atoms with E-state index in [1.54, 1.807) is 18.2 Å². The molecule has 1 amide bonds. The number of hydrogen-bond acceptors (Lipinski definition) is 3. The van der Waals surface area contributed by atoms with Gasteiger partial charge in [-0.25, -0.2) is 0 Å². The Hall–Kier alpha value is -0.970. The summed E-state index contributed by atoms with van der Waals surface area (Å²) in [6.45, 7) is 0. The zero-order valence-electron chi connectivity index (χ0n) is 10.0. The number of methoxy groups -OCH3 is 1. The molecule has 1 saturated carbocycles. The summed E-state index contributed by atoms with van der Waals surface area (Å²) < 4.78 is 5.08. The maximum Gasteiger partial charge on any atom is 0.244 e. The first-order valence-electron chi connectivity index (χ1n) is 5.49. The van der Waals surface area contributed by atoms with Gasteiger partial charge in [-0.15, -0.1) is 12.4 Å². The third-order valence-corrected chi connectivity index (χ3v) is 3.42. The second-order valence-electron chi connectivity index (χ2n) is 4.31. The van der Waals surface area contributed by atoms with Crippen LogP contribution in [0.15, 0.2) is 18.2 Å². The minimum atomic E-state index is -0.702. The zero-order valence-corrected chi connectivity index (χ0v) is 11.6. The number of halogens is 2. The first-order valence-corrected chi connectivity index (χ1v) is 5.87. The first kappa shape index (κ1) is 15.1. The third-order valence-electron chi connectivity index (χ3n) is 3.11. The van der Waals surface area contributed by atoms with E-state index in [0.717, 1.165) is 19.3 Å². The van der Waals surface area contributed by atoms with Crippen molar-refractivity contribution in [2.75, 3.05) is 12.4 Å². The highest BCUT2D eigenvalue weighted by Crippen LogP contribution is 2.32. The standard InChI is InChI=1S/C12H15ClN2O2.ClH/c1-17-10-7-8(3-4-9(10)13)15-11(16)12(14)5-2-6-12;/h3-4,7H,2,5-6,14H2,1H3,(H,15,16);1H. The van der Waals surface area contributed by atoms with Gasteiger partial charge in [-0.2, -0.15) is 0 Å². The lowest BCUT2D eigenvalue weighted by molar-refractivity contribution is -0.123. The van der Waals surface area contributed by atoms with E-state index < -0.39 is 5.54 Å². The molecule has 6 heteroatoms. The highest BCUT2D eigenvalue weighted by Gasteiger charge is 2.40. The van der Waals surface area contributed by atoms with Crippen LogP contribution in [0.2, 0.25) is 5.02 Å². The van der Waals surface area contributed by atoms with Gasteiger partial charge >= 0.3 is 0 Å². The van der Waals surface area contributed by atoms with Crippen LogP contribution in [-0.2, 0) is 4.79 Å². The summed E-state index contributed by atoms with van der Waals surface area (Å²) in [7, 11) is 1.53. The topological polar surface area (TPSA) is 64.3 Å². The van der Waals surface area contributed by atoms with Gasteiger partial charge in [0.15, 0.2) is 0 Å². The predicted octanol–water partition coefficient (Wildman–Crippen LogP) is 2.59. The van der Waals surface area contributed by atoms with Crippen molar-refractivity contribution in [1.82, 2.24) is 0 Å². The number of carbonyl (C=O) groups is 1. The number of carbonyl (C=O) groups excluding carboxylic acids is 1. The lowest BCUT2D eigenvalue weighted by Crippen LogP contribution is -2.56. The fourth-order valence-corrected chi connectivity index (χ4v) is 1.97. The van der Waals surface area contributed by atoms with Crippen LogP contribution in [0.3, 0.4) is 0 Å². The van der Waals surface area contributed by atoms with Gasteiger partial charge < -0.3 is 15.8 Å². The molecular formula is C12H16Cl2N2O2. The molecule has 1 aliphatic rings. The zero-order chi connectivity index (χ0) is 12.5. The summed E-state index contributed by atoms with van der Waals surface area (Å²) >= 11 is 5.90. The Bertz CT molecular complexity index is 448. The van der Waals surface area contributed by atoms with Crippen LogP contribution in [0.4, 0.5) is 5.69 Å². The van der Waals surface area contributed by atoms with Crippen LogP contribution in [-0.4, -0.2) is 18.6 Å². The van der Waals surface area contributed by atoms with Crippen LogP contribution >= 0.6 is 24.0 Å². The predicted molar refractivity (Wildman–Crippen MR) is 74.7 cm³/mol. The van der Waals surface area contributed by atoms with Gasteiger partial charge in [0, 0.05) is 11.8 Å². The molecule has 0 bridgehead atoms. The maximum absolute atomic E-state index is 11.9. The average molecular weight is 291 g/mol. The molecule has 0 saturated heterocycles. The molecule has 0 atom stereocenters. The molecule has 3 N–H and O–H groups in total. The largest absolute Gasteiger partial charge is 0.495 e. The van der Waals surface area contributed by atoms with Crippen LogP contribution in [0, 0.1) is 0 Å². The molecule has 0 unspecified atom stereocenters. The van der Waals surface area contributed by atoms with Gasteiger partial charge in [-0.3, -0.25) is 4.79 Å². The van der Waals surface area contributed by atoms with Gasteiger partial charge in [0.25, 0.3) is 0 Å². The molecule has 2 rings (SSSR count). The summed E-state index contributed by atoms with van der Waals surface area (Å²) in [5, 5.41) is 3.29. The second kappa shape index (κ2) is 5.78. The lowest BCUT2D eigenvalue weighted by Gasteiger charge is -2.36. The third kappa shape index (κ3) is 2.88. The normalized spacial score (nSPS) is 16.2. The summed E-state index contributed by atoms with van der Waals surface area (Å²) in [5.74, 6) is 0.386. The summed E-state index contributed by atoms with van der Waals surface area (Å²) in [6.07, 6.45) is 2.49. The number of benzene rings is 1. The molecular weight excluding hydrogens is 275 g/mol. The molecule has 0 radical (unpaired) electrons. The summed E-state index contributed by atoms with van der Waals surface area (Å²) in [4.78, 5) is 11.9. The number of ether oxygens (including phenoxy) is 1. The van der Waals surface area contributed by atoms with Crippen molar-refractivity contribution in [3.63, 3.8) is 0 Å². The second-order valence-corrected chi connectivity index (χ2v) is 4.72. The number of nitrogens with two attached hydrogens (primary N) is 1. The molecule has 100 valence electrons. The summed E-state index contributed by atoms with van der Waals surface area (Å²) in [6, 6.07) is 5.09. The molecule has 4 nitrogen and oxygen atoms in total. The van der Waals surface area contributed by atoms with Crippen molar-refractivity contribution in [1.29, 1.82) is 0 Å². The molecule has 1 aromatic carbocycles. The number of hydrogen-bond donors (Lipinski definition) is 2. The molecule has 0 aliphatic heterocycles. The van der Waals surface area contributed by atoms with Gasteiger partial charge in [-0.1, -0.05) is 11.6 Å². The molecule has 0 spiro atoms. The number of nitrogens with one attached hydrogen (secondary N) is 1. The molecule has 1 fully saturated rings. The Morgan fingerprint density at radius 2 is 2.17 bits per heavy atom. The van der Waals surface area contributed by atoms with Crippen molar-refractivity contribution >= 4 is 35.6 Å².